The van der Waals surface area contributed by atoms with Crippen molar-refractivity contribution >= 4 is 22.5 Å². The quantitative estimate of drug-likeness (QED) is 0.585. The van der Waals surface area contributed by atoms with Gasteiger partial charge in [-0.25, -0.2) is 14.4 Å². The van der Waals surface area contributed by atoms with E-state index >= 15 is 0 Å². The molecule has 1 saturated heterocycles. The van der Waals surface area contributed by atoms with Crippen molar-refractivity contribution in [3.63, 3.8) is 0 Å². The van der Waals surface area contributed by atoms with Crippen molar-refractivity contribution in [1.29, 1.82) is 0 Å². The van der Waals surface area contributed by atoms with Crippen molar-refractivity contribution in [2.75, 3.05) is 29.9 Å². The van der Waals surface area contributed by atoms with Gasteiger partial charge in [-0.05, 0) is 57.6 Å². The van der Waals surface area contributed by atoms with Crippen LogP contribution in [0.5, 0.6) is 5.88 Å². The Morgan fingerprint density at radius 2 is 2.03 bits per heavy atom. The van der Waals surface area contributed by atoms with Crippen LogP contribution in [0.1, 0.15) is 50.6 Å². The normalized spacial score (nSPS) is 23.3. The standard InChI is InChI=1S/C24H31FN6O2/c1-3-26-21-12-20-19(13-28-21)23(30-11-9-17(32)14-30)29-31(20)16-4-6-18(7-5-16)33-24-22(25)15(2)8-10-27-24/h8,10,12-13,16-18,32H,3-7,9,11,14H2,1-2H3,(H,26,28)/t16?,17-,18?/m0/s1. The lowest BCUT2D eigenvalue weighted by Crippen LogP contribution is -2.27. The molecule has 4 heterocycles. The minimum Gasteiger partial charge on any atom is -0.472 e. The van der Waals surface area contributed by atoms with E-state index in [2.05, 4.69) is 30.9 Å². The molecule has 5 rings (SSSR count). The molecule has 0 aromatic carbocycles. The van der Waals surface area contributed by atoms with E-state index in [0.29, 0.717) is 12.1 Å². The van der Waals surface area contributed by atoms with Crippen molar-refractivity contribution in [3.8, 4) is 5.88 Å². The first kappa shape index (κ1) is 21.9. The molecule has 1 aliphatic carbocycles. The molecule has 1 saturated carbocycles. The van der Waals surface area contributed by atoms with Gasteiger partial charge in [0.15, 0.2) is 11.6 Å². The van der Waals surface area contributed by atoms with Crippen molar-refractivity contribution in [3.05, 3.63) is 35.9 Å². The number of pyridine rings is 2. The summed E-state index contributed by atoms with van der Waals surface area (Å²) in [6.45, 7) is 5.95. The van der Waals surface area contributed by atoms with Crippen LogP contribution in [0.4, 0.5) is 16.0 Å². The monoisotopic (exact) mass is 454 g/mol. The lowest BCUT2D eigenvalue weighted by Gasteiger charge is -2.29. The maximum atomic E-state index is 14.3. The molecule has 2 fully saturated rings. The minimum atomic E-state index is -0.376. The van der Waals surface area contributed by atoms with Crippen LogP contribution in [0.3, 0.4) is 0 Å². The third kappa shape index (κ3) is 4.34. The lowest BCUT2D eigenvalue weighted by molar-refractivity contribution is 0.120. The second-order valence-corrected chi connectivity index (χ2v) is 9.07. The van der Waals surface area contributed by atoms with Gasteiger partial charge in [0.2, 0.25) is 0 Å². The fourth-order valence-corrected chi connectivity index (χ4v) is 4.90. The summed E-state index contributed by atoms with van der Waals surface area (Å²) in [5, 5.41) is 19.4. The van der Waals surface area contributed by atoms with Crippen LogP contribution in [0.2, 0.25) is 0 Å². The Morgan fingerprint density at radius 1 is 1.21 bits per heavy atom. The zero-order chi connectivity index (χ0) is 22.9. The molecule has 0 radical (unpaired) electrons. The highest BCUT2D eigenvalue weighted by Crippen LogP contribution is 2.37. The van der Waals surface area contributed by atoms with E-state index in [1.54, 1.807) is 19.2 Å². The molecule has 0 bridgehead atoms. The van der Waals surface area contributed by atoms with Crippen LogP contribution < -0.4 is 15.0 Å². The first-order valence-electron chi connectivity index (χ1n) is 11.9. The van der Waals surface area contributed by atoms with E-state index in [-0.39, 0.29) is 29.9 Å². The Labute approximate surface area is 192 Å². The Morgan fingerprint density at radius 3 is 2.76 bits per heavy atom. The van der Waals surface area contributed by atoms with Gasteiger partial charge in [-0.15, -0.1) is 0 Å². The molecule has 1 atom stereocenters. The van der Waals surface area contributed by atoms with Gasteiger partial charge in [0.1, 0.15) is 11.9 Å². The molecular weight excluding hydrogens is 423 g/mol. The van der Waals surface area contributed by atoms with Crippen LogP contribution in [0.15, 0.2) is 24.5 Å². The molecular formula is C24H31FN6O2. The summed E-state index contributed by atoms with van der Waals surface area (Å²) in [6, 6.07) is 3.94. The molecule has 8 nitrogen and oxygen atoms in total. The summed E-state index contributed by atoms with van der Waals surface area (Å²) in [5.74, 6) is 1.44. The molecule has 2 aliphatic rings. The highest BCUT2D eigenvalue weighted by atomic mass is 19.1. The van der Waals surface area contributed by atoms with Crippen molar-refractivity contribution in [2.24, 2.45) is 0 Å². The van der Waals surface area contributed by atoms with Crippen molar-refractivity contribution in [1.82, 2.24) is 19.7 Å². The number of aliphatic hydroxyl groups excluding tert-OH is 1. The van der Waals surface area contributed by atoms with Crippen LogP contribution in [-0.4, -0.2) is 56.7 Å². The molecule has 0 spiro atoms. The molecule has 1 aliphatic heterocycles. The second-order valence-electron chi connectivity index (χ2n) is 9.07. The first-order valence-corrected chi connectivity index (χ1v) is 11.9. The summed E-state index contributed by atoms with van der Waals surface area (Å²) in [7, 11) is 0. The lowest BCUT2D eigenvalue weighted by atomic mass is 9.93. The van der Waals surface area contributed by atoms with E-state index in [9.17, 15) is 9.50 Å². The molecule has 176 valence electrons. The minimum absolute atomic E-state index is 0.0564. The Bertz CT molecular complexity index is 1130. The third-order valence-electron chi connectivity index (χ3n) is 6.71. The summed E-state index contributed by atoms with van der Waals surface area (Å²) < 4.78 is 22.4. The van der Waals surface area contributed by atoms with Gasteiger partial charge in [0, 0.05) is 38.1 Å². The highest BCUT2D eigenvalue weighted by Gasteiger charge is 2.30. The van der Waals surface area contributed by atoms with Gasteiger partial charge in [0.05, 0.1) is 23.0 Å². The number of aliphatic hydroxyl groups is 1. The topological polar surface area (TPSA) is 88.3 Å². The first-order chi connectivity index (χ1) is 16.0. The molecule has 2 N–H and O–H groups in total. The second kappa shape index (κ2) is 9.13. The fourth-order valence-electron chi connectivity index (χ4n) is 4.90. The number of fused-ring (bicyclic) bond motifs is 1. The molecule has 0 unspecified atom stereocenters. The molecule has 9 heteroatoms. The van der Waals surface area contributed by atoms with E-state index in [1.165, 1.54) is 0 Å². The van der Waals surface area contributed by atoms with Crippen molar-refractivity contribution < 1.29 is 14.2 Å². The van der Waals surface area contributed by atoms with Crippen LogP contribution in [0, 0.1) is 12.7 Å². The molecule has 3 aromatic rings. The highest BCUT2D eigenvalue weighted by molar-refractivity contribution is 5.91. The number of β-amino-alcohol motifs (C(OH)–C–C–N with tert-alkyl or cyclic N) is 1. The molecule has 0 amide bonds. The zero-order valence-electron chi connectivity index (χ0n) is 19.2. The van der Waals surface area contributed by atoms with Crippen LogP contribution in [0.25, 0.3) is 10.9 Å². The van der Waals surface area contributed by atoms with Gasteiger partial charge in [-0.3, -0.25) is 4.68 Å². The number of anilines is 2. The summed E-state index contributed by atoms with van der Waals surface area (Å²) in [4.78, 5) is 10.8. The number of halogens is 1. The fraction of sp³-hybridized carbons (Fsp3) is 0.542. The number of aryl methyl sites for hydroxylation is 1. The number of ether oxygens (including phenoxy) is 1. The van der Waals surface area contributed by atoms with Gasteiger partial charge in [0.25, 0.3) is 5.88 Å². The number of hydrogen-bond donors (Lipinski definition) is 2. The third-order valence-corrected chi connectivity index (χ3v) is 6.71. The average Bonchev–Trinajstić information content (AvgIpc) is 3.41. The number of nitrogens with zero attached hydrogens (tertiary/aromatic N) is 5. The number of nitrogens with one attached hydrogen (secondary N) is 1. The van der Waals surface area contributed by atoms with E-state index < -0.39 is 0 Å². The molecule has 33 heavy (non-hydrogen) atoms. The zero-order valence-corrected chi connectivity index (χ0v) is 19.2. The summed E-state index contributed by atoms with van der Waals surface area (Å²) >= 11 is 0. The van der Waals surface area contributed by atoms with Crippen molar-refractivity contribution in [2.45, 2.75) is 64.2 Å². The Balaban J connectivity index is 1.37. The predicted molar refractivity (Wildman–Crippen MR) is 125 cm³/mol. The van der Waals surface area contributed by atoms with E-state index in [0.717, 1.165) is 67.7 Å². The van der Waals surface area contributed by atoms with E-state index in [1.807, 2.05) is 13.1 Å². The number of rotatable bonds is 6. The van der Waals surface area contributed by atoms with E-state index in [4.69, 9.17) is 9.84 Å². The number of hydrogen-bond acceptors (Lipinski definition) is 7. The SMILES string of the molecule is CCNc1cc2c(cn1)c(N1CC[C@H](O)C1)nn2C1CCC(Oc2nccc(C)c2F)CC1. The largest absolute Gasteiger partial charge is 0.472 e. The maximum absolute atomic E-state index is 14.3. The van der Waals surface area contributed by atoms with Gasteiger partial charge in [-0.2, -0.15) is 5.10 Å². The predicted octanol–water partition coefficient (Wildman–Crippen LogP) is 3.84. The Kier molecular flexibility index (Phi) is 6.05. The van der Waals surface area contributed by atoms with Crippen LogP contribution in [-0.2, 0) is 0 Å². The van der Waals surface area contributed by atoms with Gasteiger partial charge < -0.3 is 20.1 Å². The average molecular weight is 455 g/mol. The summed E-state index contributed by atoms with van der Waals surface area (Å²) in [5.41, 5.74) is 1.59. The van der Waals surface area contributed by atoms with Crippen LogP contribution >= 0.6 is 0 Å². The van der Waals surface area contributed by atoms with Gasteiger partial charge in [-0.1, -0.05) is 0 Å². The number of aromatic nitrogens is 4. The maximum Gasteiger partial charge on any atom is 0.250 e. The molecule has 3 aromatic heterocycles. The Hall–Kier alpha value is -2.94. The summed E-state index contributed by atoms with van der Waals surface area (Å²) in [6.07, 6.45) is 7.24. The smallest absolute Gasteiger partial charge is 0.250 e. The van der Waals surface area contributed by atoms with Gasteiger partial charge >= 0.3 is 0 Å².